The van der Waals surface area contributed by atoms with E-state index in [0.717, 1.165) is 36.9 Å². The third-order valence-electron chi connectivity index (χ3n) is 9.41. The van der Waals surface area contributed by atoms with Crippen LogP contribution in [0.1, 0.15) is 51.4 Å². The highest BCUT2D eigenvalue weighted by Gasteiger charge is 2.37. The molecule has 2 aromatic heterocycles. The second kappa shape index (κ2) is 15.1. The van der Waals surface area contributed by atoms with Crippen LogP contribution in [0.5, 0.6) is 11.5 Å². The third-order valence-corrected chi connectivity index (χ3v) is 10.1. The molecule has 2 bridgehead atoms. The topological polar surface area (TPSA) is 128 Å². The van der Waals surface area contributed by atoms with Crippen molar-refractivity contribution in [3.8, 4) is 11.5 Å². The molecular weight excluding hydrogens is 690 g/mol. The second-order valence-corrected chi connectivity index (χ2v) is 13.2. The highest BCUT2D eigenvalue weighted by Crippen LogP contribution is 2.39. The monoisotopic (exact) mass is 724 g/mol. The predicted octanol–water partition coefficient (Wildman–Crippen LogP) is 5.05. The number of nitrogens with zero attached hydrogens (tertiary/aromatic N) is 4. The van der Waals surface area contributed by atoms with Gasteiger partial charge in [-0.25, -0.2) is 9.18 Å². The van der Waals surface area contributed by atoms with Crippen molar-refractivity contribution in [2.45, 2.75) is 37.8 Å². The summed E-state index contributed by atoms with van der Waals surface area (Å²) in [4.78, 5) is 34.0. The van der Waals surface area contributed by atoms with Crippen LogP contribution in [0.3, 0.4) is 0 Å². The largest absolute Gasteiger partial charge is 0.545 e. The van der Waals surface area contributed by atoms with Crippen LogP contribution in [-0.2, 0) is 17.7 Å². The summed E-state index contributed by atoms with van der Waals surface area (Å²) in [6, 6.07) is 11.0. The number of carbonyl (C=O) groups is 2. The van der Waals surface area contributed by atoms with Crippen molar-refractivity contribution in [2.24, 2.45) is 5.92 Å². The van der Waals surface area contributed by atoms with E-state index < -0.39 is 23.8 Å². The minimum atomic E-state index is -1.43. The van der Waals surface area contributed by atoms with Crippen LogP contribution in [0, 0.1) is 11.7 Å². The SMILES string of the molecule is COc1ccc([C@H](Cc2c(Cl)c[n+](O)cc2Cl)c2cc(CN(C(=O)O[C@H]3CN4CCC3CC4)c3cncc(F)c3)ccc2C(=O)[O-])cc1OC. The highest BCUT2D eigenvalue weighted by molar-refractivity contribution is 6.35. The fraction of sp³-hybridized carbons (Fsp3) is 0.333. The standard InChI is InChI=1S/C36H35Cl2FN4O7/c1-48-32-6-4-23(12-33(32)49-2)27(14-29-30(37)18-42(47)19-31(29)38)28-11-21(3-5-26(28)35(44)45)17-43(25-13-24(39)15-40-16-25)36(46)50-34-20-41-9-7-22(34)8-10-41/h3-6,11-13,15-16,18-19,22,27,34H,7-10,14,17,20H2,1-2H3,(H-,44,45,47)/t27-,34-/m0/s1. The van der Waals surface area contributed by atoms with Crippen LogP contribution >= 0.6 is 23.2 Å². The minimum Gasteiger partial charge on any atom is -0.545 e. The number of fused-ring (bicyclic) bond motifs is 3. The number of carboxylic acids is 1. The summed E-state index contributed by atoms with van der Waals surface area (Å²) in [7, 11) is 2.99. The number of pyridine rings is 2. The van der Waals surface area contributed by atoms with Gasteiger partial charge in [0.1, 0.15) is 22.0 Å². The third kappa shape index (κ3) is 7.57. The van der Waals surface area contributed by atoms with Gasteiger partial charge in [-0.2, -0.15) is 0 Å². The minimum absolute atomic E-state index is 0.0941. The van der Waals surface area contributed by atoms with E-state index in [0.29, 0.717) is 40.3 Å². The molecule has 0 radical (unpaired) electrons. The van der Waals surface area contributed by atoms with Crippen molar-refractivity contribution in [2.75, 3.05) is 38.8 Å². The Kier molecular flexibility index (Phi) is 10.6. The van der Waals surface area contributed by atoms with E-state index in [9.17, 15) is 24.3 Å². The summed E-state index contributed by atoms with van der Waals surface area (Å²) >= 11 is 13.1. The van der Waals surface area contributed by atoms with Gasteiger partial charge in [0.15, 0.2) is 11.5 Å². The number of rotatable bonds is 11. The van der Waals surface area contributed by atoms with E-state index in [1.54, 1.807) is 30.3 Å². The Morgan fingerprint density at radius 1 is 1.06 bits per heavy atom. The highest BCUT2D eigenvalue weighted by atomic mass is 35.5. The first-order chi connectivity index (χ1) is 24.0. The molecule has 2 aromatic carbocycles. The van der Waals surface area contributed by atoms with Gasteiger partial charge in [0.05, 0.1) is 44.8 Å². The zero-order valence-electron chi connectivity index (χ0n) is 27.4. The molecule has 3 saturated heterocycles. The smallest absolute Gasteiger partial charge is 0.414 e. The van der Waals surface area contributed by atoms with E-state index in [1.807, 2.05) is 0 Å². The number of hydrogen-bond acceptors (Lipinski definition) is 9. The summed E-state index contributed by atoms with van der Waals surface area (Å²) in [5.41, 5.74) is 1.99. The molecule has 0 saturated carbocycles. The van der Waals surface area contributed by atoms with Gasteiger partial charge in [-0.3, -0.25) is 20.0 Å². The van der Waals surface area contributed by atoms with Crippen molar-refractivity contribution in [1.29, 1.82) is 0 Å². The molecule has 4 aromatic rings. The average molecular weight is 726 g/mol. The van der Waals surface area contributed by atoms with Crippen LogP contribution < -0.4 is 24.2 Å². The van der Waals surface area contributed by atoms with Crippen LogP contribution in [0.15, 0.2) is 67.3 Å². The molecule has 3 aliphatic rings. The Bertz CT molecular complexity index is 1880. The van der Waals surface area contributed by atoms with Crippen molar-refractivity contribution in [3.05, 3.63) is 111 Å². The quantitative estimate of drug-likeness (QED) is 0.167. The van der Waals surface area contributed by atoms with E-state index in [1.165, 1.54) is 49.8 Å². The summed E-state index contributed by atoms with van der Waals surface area (Å²) in [6.45, 7) is 2.46. The number of ether oxygens (including phenoxy) is 3. The van der Waals surface area contributed by atoms with Gasteiger partial charge < -0.3 is 24.1 Å². The Labute approximate surface area is 298 Å². The Balaban J connectivity index is 1.43. The number of hydrogen-bond donors (Lipinski definition) is 1. The maximum absolute atomic E-state index is 14.4. The molecule has 262 valence electrons. The summed E-state index contributed by atoms with van der Waals surface area (Å²) in [5.74, 6) is -1.67. The fourth-order valence-electron chi connectivity index (χ4n) is 6.83. The van der Waals surface area contributed by atoms with Crippen LogP contribution in [0.4, 0.5) is 14.9 Å². The molecule has 11 nitrogen and oxygen atoms in total. The molecule has 2 atom stereocenters. The molecule has 7 rings (SSSR count). The lowest BCUT2D eigenvalue weighted by Crippen LogP contribution is -2.53. The van der Waals surface area contributed by atoms with Crippen molar-refractivity contribution in [3.63, 3.8) is 0 Å². The van der Waals surface area contributed by atoms with Crippen molar-refractivity contribution < 1.29 is 43.2 Å². The number of carbonyl (C=O) groups excluding carboxylic acids is 2. The van der Waals surface area contributed by atoms with E-state index in [2.05, 4.69) is 9.88 Å². The first-order valence-electron chi connectivity index (χ1n) is 16.0. The van der Waals surface area contributed by atoms with E-state index >= 15 is 0 Å². The van der Waals surface area contributed by atoms with Gasteiger partial charge in [0, 0.05) is 34.4 Å². The number of aromatic carboxylic acids is 1. The molecule has 0 unspecified atom stereocenters. The number of methoxy groups -OCH3 is 2. The molecular formula is C36H35Cl2FN4O7. The molecule has 3 aliphatic heterocycles. The zero-order chi connectivity index (χ0) is 35.5. The Hall–Kier alpha value is -4.65. The van der Waals surface area contributed by atoms with Gasteiger partial charge in [-0.05, 0) is 67.1 Å². The second-order valence-electron chi connectivity index (χ2n) is 12.4. The first kappa shape index (κ1) is 35.2. The Morgan fingerprint density at radius 3 is 2.40 bits per heavy atom. The lowest BCUT2D eigenvalue weighted by molar-refractivity contribution is -0.904. The predicted molar refractivity (Wildman–Crippen MR) is 180 cm³/mol. The molecule has 50 heavy (non-hydrogen) atoms. The van der Waals surface area contributed by atoms with E-state index in [4.69, 9.17) is 37.4 Å². The maximum Gasteiger partial charge on any atom is 0.414 e. The molecule has 3 fully saturated rings. The average Bonchev–Trinajstić information content (AvgIpc) is 3.10. The molecule has 0 spiro atoms. The molecule has 0 aliphatic carbocycles. The fourth-order valence-corrected chi connectivity index (χ4v) is 7.44. The van der Waals surface area contributed by atoms with Gasteiger partial charge in [0.2, 0.25) is 12.4 Å². The lowest BCUT2D eigenvalue weighted by Gasteiger charge is -2.44. The number of halogens is 3. The van der Waals surface area contributed by atoms with Gasteiger partial charge >= 0.3 is 6.09 Å². The van der Waals surface area contributed by atoms with E-state index in [-0.39, 0.29) is 46.3 Å². The van der Waals surface area contributed by atoms with Gasteiger partial charge in [-0.15, -0.1) is 0 Å². The van der Waals surface area contributed by atoms with Crippen LogP contribution in [0.2, 0.25) is 10.0 Å². The normalized spacial score (nSPS) is 18.7. The summed E-state index contributed by atoms with van der Waals surface area (Å²) < 4.78 is 32.2. The molecule has 14 heteroatoms. The van der Waals surface area contributed by atoms with Gasteiger partial charge in [0.25, 0.3) is 0 Å². The Morgan fingerprint density at radius 2 is 1.78 bits per heavy atom. The molecule has 1 amide bonds. The number of carboxylic acid groups (broad SMARTS) is 1. The first-order valence-corrected chi connectivity index (χ1v) is 16.8. The summed E-state index contributed by atoms with van der Waals surface area (Å²) in [6.07, 6.45) is 5.94. The number of aromatic nitrogens is 2. The van der Waals surface area contributed by atoms with Crippen LogP contribution in [0.25, 0.3) is 0 Å². The molecule has 1 N–H and O–H groups in total. The number of anilines is 1. The van der Waals surface area contributed by atoms with Crippen molar-refractivity contribution in [1.82, 2.24) is 9.88 Å². The molecule has 5 heterocycles. The lowest BCUT2D eigenvalue weighted by atomic mass is 9.82. The number of amides is 1. The van der Waals surface area contributed by atoms with Gasteiger partial charge in [-0.1, -0.05) is 47.5 Å². The zero-order valence-corrected chi connectivity index (χ0v) is 28.9. The number of benzene rings is 2. The van der Waals surface area contributed by atoms with Crippen LogP contribution in [-0.4, -0.2) is 67.1 Å². The number of piperidine rings is 3. The van der Waals surface area contributed by atoms with Crippen molar-refractivity contribution >= 4 is 41.0 Å². The maximum atomic E-state index is 14.4. The summed E-state index contributed by atoms with van der Waals surface area (Å²) in [5, 5.41) is 22.9.